The van der Waals surface area contributed by atoms with Crippen molar-refractivity contribution in [1.82, 2.24) is 0 Å². The van der Waals surface area contributed by atoms with Gasteiger partial charge in [0.15, 0.2) is 0 Å². The summed E-state index contributed by atoms with van der Waals surface area (Å²) < 4.78 is 0. The molecule has 0 rings (SSSR count). The molecule has 2 heteroatoms. The number of hydrogen-bond acceptors (Lipinski definition) is 0. The maximum absolute atomic E-state index is 4.54. The van der Waals surface area contributed by atoms with E-state index in [1.165, 1.54) is 0 Å². The van der Waals surface area contributed by atoms with Crippen LogP contribution in [0.4, 0.5) is 0 Å². The van der Waals surface area contributed by atoms with Crippen LogP contribution < -0.4 is 0 Å². The molecule has 1 radical (unpaired) electrons. The van der Waals surface area contributed by atoms with E-state index in [1.54, 1.807) is 0 Å². The minimum absolute atomic E-state index is 0. The summed E-state index contributed by atoms with van der Waals surface area (Å²) in [6.07, 6.45) is 0. The summed E-state index contributed by atoms with van der Waals surface area (Å²) in [5.41, 5.74) is 0.219. The van der Waals surface area contributed by atoms with Crippen LogP contribution in [-0.2, 0) is 16.8 Å². The number of hydrogen-bond donors (Lipinski definition) is 0. The predicted octanol–water partition coefficient (Wildman–Crippen LogP) is 3.40. The van der Waals surface area contributed by atoms with E-state index in [0.717, 1.165) is 0 Å². The van der Waals surface area contributed by atoms with Gasteiger partial charge in [0.2, 0.25) is 0 Å². The Labute approximate surface area is 82.5 Å². The van der Waals surface area contributed by atoms with Crippen LogP contribution >= 0.6 is 0 Å². The van der Waals surface area contributed by atoms with Crippen molar-refractivity contribution < 1.29 is 16.8 Å². The molecule has 0 heterocycles. The van der Waals surface area contributed by atoms with Gasteiger partial charge in [-0.2, -0.15) is 0 Å². The van der Waals surface area contributed by atoms with Gasteiger partial charge in [-0.15, -0.1) is 11.1 Å². The molecule has 1 nitrogen and oxygen atoms in total. The molecule has 0 aliphatic heterocycles. The molecule has 0 saturated carbocycles. The smallest absolute Gasteiger partial charge is 0.653 e. The van der Waals surface area contributed by atoms with Crippen LogP contribution in [-0.4, -0.2) is 11.1 Å². The Morgan fingerprint density at radius 2 is 0.909 bits per heavy atom. The molecule has 0 aliphatic carbocycles. The summed E-state index contributed by atoms with van der Waals surface area (Å²) in [5.74, 6) is 0. The topological polar surface area (TPSA) is 14.1 Å². The molecule has 0 aromatic rings. The van der Waals surface area contributed by atoms with Crippen molar-refractivity contribution in [2.24, 2.45) is 0 Å². The van der Waals surface area contributed by atoms with Crippen LogP contribution in [0.3, 0.4) is 0 Å². The van der Waals surface area contributed by atoms with Gasteiger partial charge in [0.1, 0.15) is 0 Å². The molecule has 0 fully saturated rings. The fourth-order valence-electron chi connectivity index (χ4n) is 1.01. The van der Waals surface area contributed by atoms with E-state index in [9.17, 15) is 0 Å². The van der Waals surface area contributed by atoms with Crippen molar-refractivity contribution in [3.05, 3.63) is 12.7 Å². The zero-order chi connectivity index (χ0) is 7.71. The van der Waals surface area contributed by atoms with Crippen molar-refractivity contribution in [1.29, 1.82) is 0 Å². The van der Waals surface area contributed by atoms with Crippen LogP contribution in [0.15, 0.2) is 0 Å². The second kappa shape index (κ2) is 5.17. The third-order valence-corrected chi connectivity index (χ3v) is 0.671. The van der Waals surface area contributed by atoms with Gasteiger partial charge in [0.05, 0.1) is 0 Å². The molecule has 0 atom stereocenters. The Bertz CT molecular complexity index is 74.7. The monoisotopic (exact) mass is 202 g/mol. The van der Waals surface area contributed by atoms with E-state index in [0.29, 0.717) is 0 Å². The molecule has 71 valence electrons. The van der Waals surface area contributed by atoms with Gasteiger partial charge in [-0.25, -0.2) is 0 Å². The maximum Gasteiger partial charge on any atom is 2.00 e. The Hall–Kier alpha value is 0.466. The standard InChI is InChI=1S/C8H18N.CH3.Co/c1-7(2,3)9-8(4,5)6;;/h1-6H3;1H3;/q2*-1;+2. The van der Waals surface area contributed by atoms with Crippen molar-refractivity contribution in [2.45, 2.75) is 52.6 Å². The molecule has 0 saturated heterocycles. The van der Waals surface area contributed by atoms with E-state index in [1.807, 2.05) is 0 Å². The van der Waals surface area contributed by atoms with Crippen LogP contribution in [0, 0.1) is 7.43 Å². The van der Waals surface area contributed by atoms with E-state index in [-0.39, 0.29) is 35.3 Å². The molecule has 0 bridgehead atoms. The minimum atomic E-state index is 0. The van der Waals surface area contributed by atoms with Crippen molar-refractivity contribution in [2.75, 3.05) is 0 Å². The molecule has 0 spiro atoms. The molecule has 0 N–H and O–H groups in total. The zero-order valence-corrected chi connectivity index (χ0v) is 9.82. The van der Waals surface area contributed by atoms with E-state index in [2.05, 4.69) is 46.9 Å². The van der Waals surface area contributed by atoms with Crippen LogP contribution in [0.5, 0.6) is 0 Å². The van der Waals surface area contributed by atoms with Gasteiger partial charge in [0.25, 0.3) is 0 Å². The molecule has 0 aromatic carbocycles. The number of rotatable bonds is 0. The second-order valence-electron chi connectivity index (χ2n) is 4.45. The van der Waals surface area contributed by atoms with Gasteiger partial charge < -0.3 is 12.7 Å². The molecule has 0 aromatic heterocycles. The summed E-state index contributed by atoms with van der Waals surface area (Å²) in [6, 6.07) is 0. The van der Waals surface area contributed by atoms with E-state index < -0.39 is 0 Å². The summed E-state index contributed by atoms with van der Waals surface area (Å²) in [7, 11) is 0. The SMILES string of the molecule is CC(C)(C)[N-]C(C)(C)C.[CH3-].[Co+2]. The summed E-state index contributed by atoms with van der Waals surface area (Å²) >= 11 is 0. The maximum atomic E-state index is 4.54. The third-order valence-electron chi connectivity index (χ3n) is 0.671. The second-order valence-corrected chi connectivity index (χ2v) is 4.45. The van der Waals surface area contributed by atoms with Crippen molar-refractivity contribution >= 4 is 0 Å². The summed E-state index contributed by atoms with van der Waals surface area (Å²) in [6.45, 7) is 12.7. The van der Waals surface area contributed by atoms with Crippen LogP contribution in [0.1, 0.15) is 41.5 Å². The van der Waals surface area contributed by atoms with Crippen molar-refractivity contribution in [3.8, 4) is 0 Å². The normalized spacial score (nSPS) is 11.5. The third kappa shape index (κ3) is 17.9. The van der Waals surface area contributed by atoms with Gasteiger partial charge >= 0.3 is 16.8 Å². The van der Waals surface area contributed by atoms with E-state index in [4.69, 9.17) is 0 Å². The molecular formula is C9H21CoN. The first-order chi connectivity index (χ1) is 3.71. The minimum Gasteiger partial charge on any atom is -0.653 e. The quantitative estimate of drug-likeness (QED) is 0.534. The fraction of sp³-hybridized carbons (Fsp3) is 0.889. The first-order valence-electron chi connectivity index (χ1n) is 3.45. The first-order valence-corrected chi connectivity index (χ1v) is 3.45. The molecule has 11 heavy (non-hydrogen) atoms. The van der Waals surface area contributed by atoms with Crippen LogP contribution in [0.25, 0.3) is 5.32 Å². The van der Waals surface area contributed by atoms with Crippen LogP contribution in [0.2, 0.25) is 0 Å². The first kappa shape index (κ1) is 17.5. The molecule has 0 aliphatic rings. The Kier molecular flexibility index (Phi) is 8.24. The van der Waals surface area contributed by atoms with Gasteiger partial charge in [-0.1, -0.05) is 41.5 Å². The Morgan fingerprint density at radius 1 is 0.727 bits per heavy atom. The Morgan fingerprint density at radius 3 is 0.909 bits per heavy atom. The molecule has 0 amide bonds. The van der Waals surface area contributed by atoms with E-state index >= 15 is 0 Å². The molecule has 0 unspecified atom stereocenters. The zero-order valence-electron chi connectivity index (χ0n) is 8.78. The largest absolute Gasteiger partial charge is 2.00 e. The van der Waals surface area contributed by atoms with Gasteiger partial charge in [-0.3, -0.25) is 0 Å². The fourth-order valence-corrected chi connectivity index (χ4v) is 1.01. The average Bonchev–Trinajstić information content (AvgIpc) is 1.14. The average molecular weight is 202 g/mol. The Balaban J connectivity index is -0.000000320. The number of nitrogens with zero attached hydrogens (tertiary/aromatic N) is 1. The summed E-state index contributed by atoms with van der Waals surface area (Å²) in [4.78, 5) is 0. The van der Waals surface area contributed by atoms with Gasteiger partial charge in [0, 0.05) is 0 Å². The molecular weight excluding hydrogens is 181 g/mol. The van der Waals surface area contributed by atoms with Gasteiger partial charge in [-0.05, 0) is 0 Å². The summed E-state index contributed by atoms with van der Waals surface area (Å²) in [5, 5.41) is 4.54. The van der Waals surface area contributed by atoms with Crippen molar-refractivity contribution in [3.63, 3.8) is 0 Å². The predicted molar refractivity (Wildman–Crippen MR) is 49.3 cm³/mol.